The number of pyridine rings is 1. The fraction of sp³-hybridized carbons (Fsp3) is 0.182. The van der Waals surface area contributed by atoms with E-state index in [2.05, 4.69) is 20.5 Å². The molecule has 1 N–H and O–H groups in total. The van der Waals surface area contributed by atoms with Gasteiger partial charge < -0.3 is 5.32 Å². The maximum atomic E-state index is 12.9. The highest BCUT2D eigenvalue weighted by Crippen LogP contribution is 2.28. The monoisotopic (exact) mass is 384 g/mol. The smallest absolute Gasteiger partial charge is 0.277 e. The molecule has 0 aliphatic heterocycles. The lowest BCUT2D eigenvalue weighted by atomic mass is 10.2. The molecule has 7 nitrogen and oxygen atoms in total. The summed E-state index contributed by atoms with van der Waals surface area (Å²) in [6.45, 7) is 0.599. The second kappa shape index (κ2) is 7.35. The van der Waals surface area contributed by atoms with Crippen LogP contribution >= 0.6 is 0 Å². The van der Waals surface area contributed by atoms with E-state index < -0.39 is 0 Å². The van der Waals surface area contributed by atoms with Crippen molar-refractivity contribution in [2.45, 2.75) is 25.8 Å². The number of para-hydroxylation sites is 1. The van der Waals surface area contributed by atoms with Gasteiger partial charge in [-0.2, -0.15) is 10.2 Å². The van der Waals surface area contributed by atoms with Crippen molar-refractivity contribution in [3.63, 3.8) is 0 Å². The first-order valence-corrected chi connectivity index (χ1v) is 9.68. The van der Waals surface area contributed by atoms with E-state index in [9.17, 15) is 4.79 Å². The Bertz CT molecular complexity index is 1150. The van der Waals surface area contributed by atoms with Gasteiger partial charge in [-0.3, -0.25) is 14.5 Å². The second-order valence-corrected chi connectivity index (χ2v) is 7.09. The van der Waals surface area contributed by atoms with Crippen LogP contribution in [0.15, 0.2) is 67.1 Å². The van der Waals surface area contributed by atoms with E-state index in [0.29, 0.717) is 18.1 Å². The Morgan fingerprint density at radius 2 is 1.93 bits per heavy atom. The summed E-state index contributed by atoms with van der Waals surface area (Å²) in [7, 11) is 0. The number of fused-ring (bicyclic) bond motifs is 1. The maximum Gasteiger partial charge on any atom is 0.277 e. The van der Waals surface area contributed by atoms with Gasteiger partial charge in [0.1, 0.15) is 0 Å². The molecule has 4 aromatic rings. The number of rotatable bonds is 5. The van der Waals surface area contributed by atoms with E-state index in [4.69, 9.17) is 0 Å². The number of aromatic nitrogens is 5. The lowest BCUT2D eigenvalue weighted by Gasteiger charge is -2.04. The fourth-order valence-electron chi connectivity index (χ4n) is 3.77. The molecular formula is C22H20N6O. The van der Waals surface area contributed by atoms with Gasteiger partial charge in [0.2, 0.25) is 0 Å². The largest absolute Gasteiger partial charge is 0.304 e. The Morgan fingerprint density at radius 3 is 2.76 bits per heavy atom. The molecule has 5 rings (SSSR count). The number of carbonyl (C=O) groups is 1. The first-order valence-electron chi connectivity index (χ1n) is 9.68. The van der Waals surface area contributed by atoms with E-state index in [1.807, 2.05) is 53.3 Å². The van der Waals surface area contributed by atoms with Gasteiger partial charge in [0.15, 0.2) is 11.5 Å². The Labute approximate surface area is 168 Å². The van der Waals surface area contributed by atoms with E-state index in [1.54, 1.807) is 23.1 Å². The highest BCUT2D eigenvalue weighted by molar-refractivity contribution is 6.03. The normalized spacial score (nSPS) is 12.7. The summed E-state index contributed by atoms with van der Waals surface area (Å²) >= 11 is 0. The highest BCUT2D eigenvalue weighted by atomic mass is 16.2. The molecule has 1 aliphatic carbocycles. The van der Waals surface area contributed by atoms with E-state index >= 15 is 0 Å². The first-order chi connectivity index (χ1) is 14.3. The van der Waals surface area contributed by atoms with Crippen molar-refractivity contribution < 1.29 is 4.79 Å². The predicted octanol–water partition coefficient (Wildman–Crippen LogP) is 3.25. The van der Waals surface area contributed by atoms with Gasteiger partial charge in [0.05, 0.1) is 12.2 Å². The van der Waals surface area contributed by atoms with Crippen LogP contribution in [0.1, 0.15) is 33.7 Å². The zero-order valence-electron chi connectivity index (χ0n) is 15.8. The number of amides is 1. The SMILES string of the molecule is O=C(Nc1ccn(Cc2cccnc2)n1)c1nn(-c2ccccc2)c2c1CCC2. The molecule has 1 aromatic carbocycles. The quantitative estimate of drug-likeness (QED) is 0.573. The van der Waals surface area contributed by atoms with Crippen molar-refractivity contribution in [1.82, 2.24) is 24.5 Å². The van der Waals surface area contributed by atoms with Crippen LogP contribution in [0.5, 0.6) is 0 Å². The number of carbonyl (C=O) groups excluding carboxylic acids is 1. The summed E-state index contributed by atoms with van der Waals surface area (Å²) in [4.78, 5) is 17.1. The molecule has 144 valence electrons. The van der Waals surface area contributed by atoms with E-state index in [1.165, 1.54) is 0 Å². The Balaban J connectivity index is 1.37. The number of nitrogens with one attached hydrogen (secondary N) is 1. The molecule has 0 radical (unpaired) electrons. The molecule has 0 saturated carbocycles. The summed E-state index contributed by atoms with van der Waals surface area (Å²) < 4.78 is 3.68. The van der Waals surface area contributed by atoms with Gasteiger partial charge in [-0.25, -0.2) is 4.68 Å². The van der Waals surface area contributed by atoms with Gasteiger partial charge in [-0.15, -0.1) is 0 Å². The number of hydrogen-bond donors (Lipinski definition) is 1. The molecule has 0 bridgehead atoms. The molecule has 1 amide bonds. The molecule has 3 aromatic heterocycles. The molecule has 0 saturated heterocycles. The fourth-order valence-corrected chi connectivity index (χ4v) is 3.77. The lowest BCUT2D eigenvalue weighted by Crippen LogP contribution is -2.15. The van der Waals surface area contributed by atoms with Gasteiger partial charge >= 0.3 is 0 Å². The van der Waals surface area contributed by atoms with Crippen LogP contribution in [0, 0.1) is 0 Å². The summed E-state index contributed by atoms with van der Waals surface area (Å²) in [5.41, 5.74) is 4.69. The minimum atomic E-state index is -0.218. The minimum absolute atomic E-state index is 0.218. The number of benzene rings is 1. The van der Waals surface area contributed by atoms with Crippen LogP contribution in [0.4, 0.5) is 5.82 Å². The Hall–Kier alpha value is -3.74. The van der Waals surface area contributed by atoms with Gasteiger partial charge in [0, 0.05) is 35.9 Å². The average Bonchev–Trinajstić information content (AvgIpc) is 3.46. The lowest BCUT2D eigenvalue weighted by molar-refractivity contribution is 0.102. The van der Waals surface area contributed by atoms with Gasteiger partial charge in [-0.05, 0) is 43.0 Å². The molecule has 0 atom stereocenters. The molecular weight excluding hydrogens is 364 g/mol. The average molecular weight is 384 g/mol. The molecule has 7 heteroatoms. The van der Waals surface area contributed by atoms with E-state index in [-0.39, 0.29) is 5.91 Å². The van der Waals surface area contributed by atoms with Crippen molar-refractivity contribution in [2.24, 2.45) is 0 Å². The molecule has 0 unspecified atom stereocenters. The molecule has 1 aliphatic rings. The topological polar surface area (TPSA) is 77.6 Å². The van der Waals surface area contributed by atoms with Crippen molar-refractivity contribution >= 4 is 11.7 Å². The van der Waals surface area contributed by atoms with Crippen LogP contribution in [-0.2, 0) is 19.4 Å². The molecule has 3 heterocycles. The molecule has 0 fully saturated rings. The van der Waals surface area contributed by atoms with Gasteiger partial charge in [-0.1, -0.05) is 24.3 Å². The third-order valence-electron chi connectivity index (χ3n) is 5.10. The first kappa shape index (κ1) is 17.4. The third-order valence-corrected chi connectivity index (χ3v) is 5.10. The number of hydrogen-bond acceptors (Lipinski definition) is 4. The molecule has 29 heavy (non-hydrogen) atoms. The van der Waals surface area contributed by atoms with Crippen molar-refractivity contribution in [3.8, 4) is 5.69 Å². The minimum Gasteiger partial charge on any atom is -0.304 e. The van der Waals surface area contributed by atoms with Crippen LogP contribution in [0.25, 0.3) is 5.69 Å². The van der Waals surface area contributed by atoms with Crippen LogP contribution in [0.2, 0.25) is 0 Å². The number of nitrogens with zero attached hydrogens (tertiary/aromatic N) is 5. The third kappa shape index (κ3) is 3.42. The second-order valence-electron chi connectivity index (χ2n) is 7.09. The standard InChI is InChI=1S/C22H20N6O/c29-22(24-20-11-13-27(25-20)15-16-6-5-12-23-14-16)21-18-9-4-10-19(18)28(26-21)17-7-2-1-3-8-17/h1-3,5-8,11-14H,4,9-10,15H2,(H,24,25,29). The van der Waals surface area contributed by atoms with Crippen LogP contribution < -0.4 is 5.32 Å². The van der Waals surface area contributed by atoms with Crippen molar-refractivity contribution in [1.29, 1.82) is 0 Å². The maximum absolute atomic E-state index is 12.9. The van der Waals surface area contributed by atoms with E-state index in [0.717, 1.165) is 41.8 Å². The van der Waals surface area contributed by atoms with Crippen LogP contribution in [-0.4, -0.2) is 30.5 Å². The van der Waals surface area contributed by atoms with Gasteiger partial charge in [0.25, 0.3) is 5.91 Å². The Morgan fingerprint density at radius 1 is 1.03 bits per heavy atom. The predicted molar refractivity (Wildman–Crippen MR) is 109 cm³/mol. The summed E-state index contributed by atoms with van der Waals surface area (Å²) in [5.74, 6) is 0.296. The summed E-state index contributed by atoms with van der Waals surface area (Å²) in [6, 6.07) is 15.6. The zero-order chi connectivity index (χ0) is 19.6. The highest BCUT2D eigenvalue weighted by Gasteiger charge is 2.27. The van der Waals surface area contributed by atoms with Crippen LogP contribution in [0.3, 0.4) is 0 Å². The Kier molecular flexibility index (Phi) is 4.40. The van der Waals surface area contributed by atoms with Crippen molar-refractivity contribution in [3.05, 3.63) is 89.6 Å². The van der Waals surface area contributed by atoms with Crippen molar-refractivity contribution in [2.75, 3.05) is 5.32 Å². The summed E-state index contributed by atoms with van der Waals surface area (Å²) in [6.07, 6.45) is 8.24. The number of anilines is 1. The zero-order valence-corrected chi connectivity index (χ0v) is 15.8. The summed E-state index contributed by atoms with van der Waals surface area (Å²) in [5, 5.41) is 12.0. The molecule has 0 spiro atoms.